The Morgan fingerprint density at radius 1 is 1.14 bits per heavy atom. The third kappa shape index (κ3) is 4.52. The summed E-state index contributed by atoms with van der Waals surface area (Å²) in [6, 6.07) is 9.39. The smallest absolute Gasteiger partial charge is 0.287 e. The summed E-state index contributed by atoms with van der Waals surface area (Å²) < 4.78 is 11.0. The number of ether oxygens (including phenoxy) is 1. The number of nitrogens with one attached hydrogen (secondary N) is 1. The second kappa shape index (κ2) is 8.80. The summed E-state index contributed by atoms with van der Waals surface area (Å²) in [6.07, 6.45) is 0.931. The minimum absolute atomic E-state index is 0.194. The Hall–Kier alpha value is -2.64. The Morgan fingerprint density at radius 2 is 1.93 bits per heavy atom. The lowest BCUT2D eigenvalue weighted by molar-refractivity contribution is 0.0922. The number of likely N-dealkylation sites (N-methyl/N-ethyl adjacent to an activating group) is 1. The van der Waals surface area contributed by atoms with Crippen LogP contribution in [0.2, 0.25) is 0 Å². The summed E-state index contributed by atoms with van der Waals surface area (Å²) in [5.74, 6) is 0.878. The maximum Gasteiger partial charge on any atom is 0.287 e. The van der Waals surface area contributed by atoms with Crippen LogP contribution in [0.15, 0.2) is 34.7 Å². The van der Waals surface area contributed by atoms with Crippen LogP contribution >= 0.6 is 0 Å². The summed E-state index contributed by atoms with van der Waals surface area (Å²) in [5, 5.41) is 4.72. The Balaban J connectivity index is 1.33. The van der Waals surface area contributed by atoms with Crippen molar-refractivity contribution < 1.29 is 13.9 Å². The van der Waals surface area contributed by atoms with Gasteiger partial charge < -0.3 is 24.3 Å². The van der Waals surface area contributed by atoms with Gasteiger partial charge in [-0.1, -0.05) is 6.92 Å². The van der Waals surface area contributed by atoms with Gasteiger partial charge in [0.25, 0.3) is 5.91 Å². The summed E-state index contributed by atoms with van der Waals surface area (Å²) in [6.45, 7) is 9.45. The van der Waals surface area contributed by atoms with Crippen molar-refractivity contribution in [3.63, 3.8) is 0 Å². The zero-order chi connectivity index (χ0) is 20.2. The van der Waals surface area contributed by atoms with Gasteiger partial charge in [-0.2, -0.15) is 0 Å². The topological polar surface area (TPSA) is 70.8 Å². The van der Waals surface area contributed by atoms with Crippen molar-refractivity contribution >= 4 is 27.9 Å². The molecule has 1 saturated heterocycles. The van der Waals surface area contributed by atoms with Crippen LogP contribution in [-0.4, -0.2) is 73.6 Å². The van der Waals surface area contributed by atoms with E-state index in [0.717, 1.165) is 67.7 Å². The number of methoxy groups -OCH3 is 1. The number of hydrogen-bond donors (Lipinski definition) is 1. The number of pyridine rings is 1. The van der Waals surface area contributed by atoms with Crippen LogP contribution in [0.1, 0.15) is 23.9 Å². The number of benzene rings is 1. The van der Waals surface area contributed by atoms with Gasteiger partial charge in [0.1, 0.15) is 5.75 Å². The molecule has 4 rings (SSSR count). The van der Waals surface area contributed by atoms with E-state index < -0.39 is 0 Å². The lowest BCUT2D eigenvalue weighted by Gasteiger charge is -2.33. The number of carbonyl (C=O) groups is 1. The molecule has 7 heteroatoms. The van der Waals surface area contributed by atoms with Gasteiger partial charge in [-0.3, -0.25) is 4.79 Å². The lowest BCUT2D eigenvalue weighted by Crippen LogP contribution is -2.46. The van der Waals surface area contributed by atoms with Gasteiger partial charge in [-0.05, 0) is 49.8 Å². The molecule has 0 unspecified atom stereocenters. The first kappa shape index (κ1) is 19.7. The Labute approximate surface area is 170 Å². The van der Waals surface area contributed by atoms with Crippen LogP contribution in [0, 0.1) is 0 Å². The summed E-state index contributed by atoms with van der Waals surface area (Å²) in [5.41, 5.74) is 1.28. The molecule has 154 valence electrons. The molecule has 2 aromatic heterocycles. The SMILES string of the molecule is CCN1CCN(CCCNC(=O)c2cc3cc4cc(OC)ccc4nc3o2)CC1. The van der Waals surface area contributed by atoms with Crippen LogP contribution in [0.3, 0.4) is 0 Å². The van der Waals surface area contributed by atoms with Crippen molar-refractivity contribution in [3.05, 3.63) is 36.1 Å². The molecule has 1 N–H and O–H groups in total. The van der Waals surface area contributed by atoms with Gasteiger partial charge in [0, 0.05) is 43.5 Å². The van der Waals surface area contributed by atoms with Crippen molar-refractivity contribution in [2.75, 3.05) is 52.9 Å². The van der Waals surface area contributed by atoms with E-state index >= 15 is 0 Å². The summed E-state index contributed by atoms with van der Waals surface area (Å²) in [7, 11) is 1.64. The number of rotatable bonds is 7. The number of aromatic nitrogens is 1. The number of amides is 1. The van der Waals surface area contributed by atoms with E-state index in [1.165, 1.54) is 0 Å². The zero-order valence-electron chi connectivity index (χ0n) is 17.1. The van der Waals surface area contributed by atoms with E-state index in [9.17, 15) is 4.79 Å². The number of fused-ring (bicyclic) bond motifs is 2. The van der Waals surface area contributed by atoms with Gasteiger partial charge in [0.2, 0.25) is 5.71 Å². The molecule has 29 heavy (non-hydrogen) atoms. The van der Waals surface area contributed by atoms with E-state index in [1.807, 2.05) is 24.3 Å². The minimum atomic E-state index is -0.194. The quantitative estimate of drug-likeness (QED) is 0.619. The lowest BCUT2D eigenvalue weighted by atomic mass is 10.2. The largest absolute Gasteiger partial charge is 0.497 e. The fraction of sp³-hybridized carbons (Fsp3) is 0.455. The summed E-state index contributed by atoms with van der Waals surface area (Å²) >= 11 is 0. The van der Waals surface area contributed by atoms with Crippen LogP contribution < -0.4 is 10.1 Å². The van der Waals surface area contributed by atoms with Crippen LogP contribution in [0.25, 0.3) is 22.0 Å². The van der Waals surface area contributed by atoms with Crippen molar-refractivity contribution in [1.82, 2.24) is 20.1 Å². The molecule has 1 aliphatic rings. The fourth-order valence-electron chi connectivity index (χ4n) is 3.77. The van der Waals surface area contributed by atoms with Gasteiger partial charge >= 0.3 is 0 Å². The molecular weight excluding hydrogens is 368 g/mol. The monoisotopic (exact) mass is 396 g/mol. The zero-order valence-corrected chi connectivity index (χ0v) is 17.1. The normalized spacial score (nSPS) is 15.8. The third-order valence-corrected chi connectivity index (χ3v) is 5.58. The van der Waals surface area contributed by atoms with Crippen LogP contribution in [0.4, 0.5) is 0 Å². The van der Waals surface area contributed by atoms with Crippen molar-refractivity contribution in [2.45, 2.75) is 13.3 Å². The first-order chi connectivity index (χ1) is 14.2. The molecule has 0 saturated carbocycles. The van der Waals surface area contributed by atoms with Gasteiger partial charge in [-0.15, -0.1) is 0 Å². The molecule has 7 nitrogen and oxygen atoms in total. The predicted octanol–water partition coefficient (Wildman–Crippen LogP) is 2.75. The molecule has 0 aliphatic carbocycles. The molecule has 0 spiro atoms. The Bertz CT molecular complexity index is 992. The molecule has 0 radical (unpaired) electrons. The highest BCUT2D eigenvalue weighted by molar-refractivity contribution is 5.98. The molecule has 3 heterocycles. The van der Waals surface area contributed by atoms with Gasteiger partial charge in [0.05, 0.1) is 12.6 Å². The number of piperazine rings is 1. The number of carbonyl (C=O) groups excluding carboxylic acids is 1. The number of nitrogens with zero attached hydrogens (tertiary/aromatic N) is 3. The van der Waals surface area contributed by atoms with Crippen LogP contribution in [-0.2, 0) is 0 Å². The minimum Gasteiger partial charge on any atom is -0.497 e. The summed E-state index contributed by atoms with van der Waals surface area (Å²) in [4.78, 5) is 21.9. The van der Waals surface area contributed by atoms with E-state index in [1.54, 1.807) is 13.2 Å². The van der Waals surface area contributed by atoms with Gasteiger partial charge in [-0.25, -0.2) is 4.98 Å². The maximum atomic E-state index is 12.5. The first-order valence-electron chi connectivity index (χ1n) is 10.3. The Morgan fingerprint density at radius 3 is 2.69 bits per heavy atom. The maximum absolute atomic E-state index is 12.5. The van der Waals surface area contributed by atoms with E-state index in [-0.39, 0.29) is 5.91 Å². The van der Waals surface area contributed by atoms with Crippen molar-refractivity contribution in [1.29, 1.82) is 0 Å². The van der Waals surface area contributed by atoms with Crippen LogP contribution in [0.5, 0.6) is 5.75 Å². The van der Waals surface area contributed by atoms with E-state index in [2.05, 4.69) is 27.0 Å². The molecule has 0 bridgehead atoms. The highest BCUT2D eigenvalue weighted by Gasteiger charge is 2.16. The highest BCUT2D eigenvalue weighted by atomic mass is 16.5. The molecule has 0 atom stereocenters. The average Bonchev–Trinajstić information content (AvgIpc) is 3.18. The van der Waals surface area contributed by atoms with Gasteiger partial charge in [0.15, 0.2) is 5.76 Å². The highest BCUT2D eigenvalue weighted by Crippen LogP contribution is 2.25. The number of furan rings is 1. The molecular formula is C22H28N4O3. The first-order valence-corrected chi connectivity index (χ1v) is 10.3. The fourth-order valence-corrected chi connectivity index (χ4v) is 3.77. The Kier molecular flexibility index (Phi) is 5.97. The number of hydrogen-bond acceptors (Lipinski definition) is 6. The molecule has 1 fully saturated rings. The average molecular weight is 396 g/mol. The molecule has 3 aromatic rings. The van der Waals surface area contributed by atoms with E-state index in [4.69, 9.17) is 9.15 Å². The molecule has 1 aromatic carbocycles. The third-order valence-electron chi connectivity index (χ3n) is 5.58. The van der Waals surface area contributed by atoms with Crippen molar-refractivity contribution in [2.24, 2.45) is 0 Å². The molecule has 1 aliphatic heterocycles. The second-order valence-electron chi connectivity index (χ2n) is 7.44. The standard InChI is InChI=1S/C22H28N4O3/c1-3-25-9-11-26(12-10-25)8-4-7-23-21(27)20-15-17-13-16-14-18(28-2)5-6-19(16)24-22(17)29-20/h5-6,13-15H,3-4,7-12H2,1-2H3,(H,23,27). The second-order valence-corrected chi connectivity index (χ2v) is 7.44. The predicted molar refractivity (Wildman–Crippen MR) is 114 cm³/mol. The van der Waals surface area contributed by atoms with E-state index in [0.29, 0.717) is 18.0 Å². The van der Waals surface area contributed by atoms with Crippen molar-refractivity contribution in [3.8, 4) is 5.75 Å². The molecule has 1 amide bonds.